The van der Waals surface area contributed by atoms with Crippen LogP contribution in [0.3, 0.4) is 0 Å². The van der Waals surface area contributed by atoms with Crippen molar-refractivity contribution in [1.29, 1.82) is 0 Å². The monoisotopic (exact) mass is 317 g/mol. The van der Waals surface area contributed by atoms with Crippen LogP contribution in [-0.2, 0) is 15.7 Å². The Labute approximate surface area is 126 Å². The maximum atomic E-state index is 12.6. The SMILES string of the molecule is COC(=O)CCN1CC(O)CC1c1ccc(C(F)(F)F)cc1. The minimum atomic E-state index is -4.36. The highest BCUT2D eigenvalue weighted by molar-refractivity contribution is 5.69. The Morgan fingerprint density at radius 1 is 1.36 bits per heavy atom. The fourth-order valence-corrected chi connectivity index (χ4v) is 2.70. The number of aliphatic hydroxyl groups excluding tert-OH is 1. The summed E-state index contributed by atoms with van der Waals surface area (Å²) < 4.78 is 42.3. The average molecular weight is 317 g/mol. The number of rotatable bonds is 4. The molecule has 1 aromatic carbocycles. The first-order valence-corrected chi connectivity index (χ1v) is 6.97. The van der Waals surface area contributed by atoms with E-state index in [1.54, 1.807) is 0 Å². The van der Waals surface area contributed by atoms with E-state index >= 15 is 0 Å². The molecule has 1 fully saturated rings. The maximum absolute atomic E-state index is 12.6. The molecule has 2 rings (SSSR count). The van der Waals surface area contributed by atoms with Crippen molar-refractivity contribution >= 4 is 5.97 Å². The summed E-state index contributed by atoms with van der Waals surface area (Å²) in [5, 5.41) is 9.80. The molecule has 0 aromatic heterocycles. The highest BCUT2D eigenvalue weighted by Crippen LogP contribution is 2.35. The van der Waals surface area contributed by atoms with Crippen LogP contribution in [0, 0.1) is 0 Å². The summed E-state index contributed by atoms with van der Waals surface area (Å²) in [6.07, 6.45) is -4.30. The average Bonchev–Trinajstić information content (AvgIpc) is 2.85. The zero-order chi connectivity index (χ0) is 16.3. The van der Waals surface area contributed by atoms with Crippen molar-refractivity contribution in [2.75, 3.05) is 20.2 Å². The van der Waals surface area contributed by atoms with Gasteiger partial charge in [-0.25, -0.2) is 0 Å². The van der Waals surface area contributed by atoms with Crippen molar-refractivity contribution in [3.8, 4) is 0 Å². The molecule has 22 heavy (non-hydrogen) atoms. The van der Waals surface area contributed by atoms with Crippen LogP contribution in [0.1, 0.15) is 30.0 Å². The van der Waals surface area contributed by atoms with Crippen molar-refractivity contribution in [2.45, 2.75) is 31.2 Å². The third-order valence-corrected chi connectivity index (χ3v) is 3.83. The first kappa shape index (κ1) is 16.8. The number of methoxy groups -OCH3 is 1. The fraction of sp³-hybridized carbons (Fsp3) is 0.533. The van der Waals surface area contributed by atoms with Crippen LogP contribution in [0.15, 0.2) is 24.3 Å². The Morgan fingerprint density at radius 2 is 2.00 bits per heavy atom. The number of carbonyl (C=O) groups is 1. The lowest BCUT2D eigenvalue weighted by Crippen LogP contribution is -2.27. The number of likely N-dealkylation sites (tertiary alicyclic amines) is 1. The molecular formula is C15H18F3NO3. The van der Waals surface area contributed by atoms with Gasteiger partial charge in [-0.1, -0.05) is 12.1 Å². The molecule has 0 spiro atoms. The second kappa shape index (κ2) is 6.66. The van der Waals surface area contributed by atoms with Gasteiger partial charge < -0.3 is 9.84 Å². The van der Waals surface area contributed by atoms with Gasteiger partial charge in [0.2, 0.25) is 0 Å². The number of halogens is 3. The van der Waals surface area contributed by atoms with Crippen LogP contribution in [0.5, 0.6) is 0 Å². The summed E-state index contributed by atoms with van der Waals surface area (Å²) in [6.45, 7) is 0.790. The summed E-state index contributed by atoms with van der Waals surface area (Å²) >= 11 is 0. The summed E-state index contributed by atoms with van der Waals surface area (Å²) in [7, 11) is 1.30. The van der Waals surface area contributed by atoms with Gasteiger partial charge in [0.15, 0.2) is 0 Å². The lowest BCUT2D eigenvalue weighted by molar-refractivity contribution is -0.141. The number of nitrogens with zero attached hydrogens (tertiary/aromatic N) is 1. The zero-order valence-corrected chi connectivity index (χ0v) is 12.1. The van der Waals surface area contributed by atoms with E-state index in [2.05, 4.69) is 4.74 Å². The summed E-state index contributed by atoms with van der Waals surface area (Å²) in [5.41, 5.74) is 0.00493. The molecule has 1 saturated heterocycles. The van der Waals surface area contributed by atoms with Gasteiger partial charge >= 0.3 is 12.1 Å². The van der Waals surface area contributed by atoms with E-state index in [0.717, 1.165) is 12.1 Å². The summed E-state index contributed by atoms with van der Waals surface area (Å²) in [4.78, 5) is 13.1. The number of benzene rings is 1. The second-order valence-corrected chi connectivity index (χ2v) is 5.35. The van der Waals surface area contributed by atoms with E-state index in [-0.39, 0.29) is 18.4 Å². The molecule has 122 valence electrons. The van der Waals surface area contributed by atoms with Crippen molar-refractivity contribution in [3.63, 3.8) is 0 Å². The molecule has 2 unspecified atom stereocenters. The molecule has 0 amide bonds. The standard InChI is InChI=1S/C15H18F3NO3/c1-22-14(21)6-7-19-9-12(20)8-13(19)10-2-4-11(5-3-10)15(16,17)18/h2-5,12-13,20H,6-9H2,1H3. The highest BCUT2D eigenvalue weighted by Gasteiger charge is 2.34. The van der Waals surface area contributed by atoms with Gasteiger partial charge in [-0.15, -0.1) is 0 Å². The predicted octanol–water partition coefficient (Wildman–Crippen LogP) is 2.38. The quantitative estimate of drug-likeness (QED) is 0.866. The van der Waals surface area contributed by atoms with Gasteiger partial charge in [-0.2, -0.15) is 13.2 Å². The number of hydrogen-bond donors (Lipinski definition) is 1. The number of carbonyl (C=O) groups excluding carboxylic acids is 1. The number of alkyl halides is 3. The molecule has 1 N–H and O–H groups in total. The number of aliphatic hydroxyl groups is 1. The Morgan fingerprint density at radius 3 is 2.55 bits per heavy atom. The van der Waals surface area contributed by atoms with E-state index in [1.165, 1.54) is 19.2 Å². The van der Waals surface area contributed by atoms with Crippen LogP contribution in [0.2, 0.25) is 0 Å². The van der Waals surface area contributed by atoms with Crippen LogP contribution in [0.25, 0.3) is 0 Å². The van der Waals surface area contributed by atoms with E-state index in [9.17, 15) is 23.1 Å². The normalized spacial score (nSPS) is 22.8. The van der Waals surface area contributed by atoms with Crippen molar-refractivity contribution in [3.05, 3.63) is 35.4 Å². The lowest BCUT2D eigenvalue weighted by atomic mass is 10.0. The summed E-state index contributed by atoms with van der Waals surface area (Å²) in [6, 6.07) is 4.74. The van der Waals surface area contributed by atoms with Gasteiger partial charge in [0, 0.05) is 19.1 Å². The topological polar surface area (TPSA) is 49.8 Å². The molecule has 0 bridgehead atoms. The third-order valence-electron chi connectivity index (χ3n) is 3.83. The van der Waals surface area contributed by atoms with Gasteiger partial charge in [-0.3, -0.25) is 9.69 Å². The molecular weight excluding hydrogens is 299 g/mol. The molecule has 1 heterocycles. The molecule has 1 aliphatic heterocycles. The molecule has 0 aliphatic carbocycles. The predicted molar refractivity (Wildman–Crippen MR) is 73.0 cm³/mol. The van der Waals surface area contributed by atoms with Gasteiger partial charge in [0.1, 0.15) is 0 Å². The number of β-amino-alcohol motifs (C(OH)–C–C–N with tert-alkyl or cyclic N) is 1. The molecule has 2 atom stereocenters. The molecule has 4 nitrogen and oxygen atoms in total. The first-order chi connectivity index (χ1) is 10.3. The Kier molecular flexibility index (Phi) is 5.08. The highest BCUT2D eigenvalue weighted by atomic mass is 19.4. The fourth-order valence-electron chi connectivity index (χ4n) is 2.70. The van der Waals surface area contributed by atoms with E-state index in [0.29, 0.717) is 25.1 Å². The Bertz CT molecular complexity index is 516. The van der Waals surface area contributed by atoms with Crippen molar-refractivity contribution < 1.29 is 27.8 Å². The molecule has 0 saturated carbocycles. The molecule has 7 heteroatoms. The van der Waals surface area contributed by atoms with Crippen molar-refractivity contribution in [2.24, 2.45) is 0 Å². The Hall–Kier alpha value is -1.60. The van der Waals surface area contributed by atoms with E-state index < -0.39 is 17.8 Å². The smallest absolute Gasteiger partial charge is 0.416 e. The molecule has 0 radical (unpaired) electrons. The van der Waals surface area contributed by atoms with Crippen LogP contribution >= 0.6 is 0 Å². The van der Waals surface area contributed by atoms with Gasteiger partial charge in [0.05, 0.1) is 25.2 Å². The third kappa shape index (κ3) is 3.98. The molecule has 1 aromatic rings. The minimum absolute atomic E-state index is 0.181. The van der Waals surface area contributed by atoms with Gasteiger partial charge in [0.25, 0.3) is 0 Å². The zero-order valence-electron chi connectivity index (χ0n) is 12.1. The lowest BCUT2D eigenvalue weighted by Gasteiger charge is -2.24. The van der Waals surface area contributed by atoms with Crippen molar-refractivity contribution in [1.82, 2.24) is 4.90 Å². The van der Waals surface area contributed by atoms with E-state index in [4.69, 9.17) is 0 Å². The first-order valence-electron chi connectivity index (χ1n) is 6.97. The summed E-state index contributed by atoms with van der Waals surface area (Å²) in [5.74, 6) is -0.354. The van der Waals surface area contributed by atoms with Crippen LogP contribution < -0.4 is 0 Å². The Balaban J connectivity index is 2.09. The maximum Gasteiger partial charge on any atom is 0.416 e. The largest absolute Gasteiger partial charge is 0.469 e. The second-order valence-electron chi connectivity index (χ2n) is 5.35. The van der Waals surface area contributed by atoms with Crippen LogP contribution in [0.4, 0.5) is 13.2 Å². The number of hydrogen-bond acceptors (Lipinski definition) is 4. The number of ether oxygens (including phenoxy) is 1. The van der Waals surface area contributed by atoms with E-state index in [1.807, 2.05) is 4.90 Å². The minimum Gasteiger partial charge on any atom is -0.469 e. The number of esters is 1. The van der Waals surface area contributed by atoms with Gasteiger partial charge in [-0.05, 0) is 24.1 Å². The molecule has 1 aliphatic rings. The van der Waals surface area contributed by atoms with Crippen LogP contribution in [-0.4, -0.2) is 42.3 Å².